The van der Waals surface area contributed by atoms with E-state index in [1.54, 1.807) is 0 Å². The Labute approximate surface area is 102 Å². The van der Waals surface area contributed by atoms with Crippen LogP contribution in [-0.4, -0.2) is 0 Å². The van der Waals surface area contributed by atoms with Crippen molar-refractivity contribution in [2.24, 2.45) is 0 Å². The van der Waals surface area contributed by atoms with Gasteiger partial charge < -0.3 is 0 Å². The highest BCUT2D eigenvalue weighted by molar-refractivity contribution is 5.39. The lowest BCUT2D eigenvalue weighted by Gasteiger charge is -2.12. The monoisotopic (exact) mass is 221 g/mol. The minimum Gasteiger partial charge on any atom is -0.192 e. The second-order valence-corrected chi connectivity index (χ2v) is 4.37. The van der Waals surface area contributed by atoms with Crippen LogP contribution in [0.5, 0.6) is 0 Å². The SMILES string of the molecule is Cc1ccc(C(C)c2cccc(C#N)c2)cc1. The Bertz CT molecular complexity index is 546. The van der Waals surface area contributed by atoms with Crippen LogP contribution < -0.4 is 0 Å². The maximum atomic E-state index is 8.90. The van der Waals surface area contributed by atoms with Crippen LogP contribution in [0, 0.1) is 18.3 Å². The number of nitrogens with zero attached hydrogens (tertiary/aromatic N) is 1. The molecule has 2 aromatic rings. The fourth-order valence-electron chi connectivity index (χ4n) is 1.93. The minimum atomic E-state index is 0.323. The van der Waals surface area contributed by atoms with Crippen molar-refractivity contribution in [3.05, 3.63) is 70.8 Å². The second kappa shape index (κ2) is 4.84. The van der Waals surface area contributed by atoms with Gasteiger partial charge in [0, 0.05) is 5.92 Å². The normalized spacial score (nSPS) is 11.8. The lowest BCUT2D eigenvalue weighted by molar-refractivity contribution is 0.920. The van der Waals surface area contributed by atoms with Crippen LogP contribution in [0.3, 0.4) is 0 Å². The Balaban J connectivity index is 2.33. The minimum absolute atomic E-state index is 0.323. The molecule has 17 heavy (non-hydrogen) atoms. The molecule has 0 saturated heterocycles. The predicted molar refractivity (Wildman–Crippen MR) is 69.9 cm³/mol. The molecule has 0 N–H and O–H groups in total. The largest absolute Gasteiger partial charge is 0.192 e. The molecule has 0 aromatic heterocycles. The molecular formula is C16H15N. The van der Waals surface area contributed by atoms with E-state index in [0.29, 0.717) is 5.92 Å². The Morgan fingerprint density at radius 3 is 2.35 bits per heavy atom. The zero-order chi connectivity index (χ0) is 12.3. The topological polar surface area (TPSA) is 23.8 Å². The van der Waals surface area contributed by atoms with Gasteiger partial charge in [-0.3, -0.25) is 0 Å². The Morgan fingerprint density at radius 2 is 1.71 bits per heavy atom. The summed E-state index contributed by atoms with van der Waals surface area (Å²) in [4.78, 5) is 0. The van der Waals surface area contributed by atoms with Crippen molar-refractivity contribution in [3.8, 4) is 6.07 Å². The summed E-state index contributed by atoms with van der Waals surface area (Å²) in [6.07, 6.45) is 0. The highest BCUT2D eigenvalue weighted by Crippen LogP contribution is 2.24. The van der Waals surface area contributed by atoms with Crippen LogP contribution in [-0.2, 0) is 0 Å². The molecular weight excluding hydrogens is 206 g/mol. The molecule has 0 saturated carbocycles. The first kappa shape index (κ1) is 11.4. The fraction of sp³-hybridized carbons (Fsp3) is 0.188. The van der Waals surface area contributed by atoms with Crippen molar-refractivity contribution >= 4 is 0 Å². The summed E-state index contributed by atoms with van der Waals surface area (Å²) in [7, 11) is 0. The predicted octanol–water partition coefficient (Wildman–Crippen LogP) is 4.02. The molecule has 0 radical (unpaired) electrons. The Kier molecular flexibility index (Phi) is 3.25. The molecule has 2 rings (SSSR count). The lowest BCUT2D eigenvalue weighted by Crippen LogP contribution is -1.96. The van der Waals surface area contributed by atoms with Gasteiger partial charge in [0.25, 0.3) is 0 Å². The highest BCUT2D eigenvalue weighted by atomic mass is 14.2. The summed E-state index contributed by atoms with van der Waals surface area (Å²) in [6, 6.07) is 18.6. The van der Waals surface area contributed by atoms with E-state index in [1.807, 2.05) is 18.2 Å². The number of hydrogen-bond donors (Lipinski definition) is 0. The van der Waals surface area contributed by atoms with Gasteiger partial charge in [-0.05, 0) is 30.2 Å². The summed E-state index contributed by atoms with van der Waals surface area (Å²) >= 11 is 0. The molecule has 1 atom stereocenters. The van der Waals surface area contributed by atoms with Crippen molar-refractivity contribution in [1.29, 1.82) is 5.26 Å². The molecule has 0 aliphatic heterocycles. The smallest absolute Gasteiger partial charge is 0.0991 e. The van der Waals surface area contributed by atoms with E-state index in [1.165, 1.54) is 16.7 Å². The van der Waals surface area contributed by atoms with Crippen molar-refractivity contribution in [3.63, 3.8) is 0 Å². The van der Waals surface area contributed by atoms with Gasteiger partial charge in [0.2, 0.25) is 0 Å². The van der Waals surface area contributed by atoms with Crippen molar-refractivity contribution in [2.75, 3.05) is 0 Å². The number of aryl methyl sites for hydroxylation is 1. The summed E-state index contributed by atoms with van der Waals surface area (Å²) in [5, 5.41) is 8.90. The molecule has 2 aromatic carbocycles. The van der Waals surface area contributed by atoms with Gasteiger partial charge in [-0.1, -0.05) is 48.9 Å². The zero-order valence-corrected chi connectivity index (χ0v) is 10.1. The van der Waals surface area contributed by atoms with Gasteiger partial charge in [-0.15, -0.1) is 0 Å². The molecule has 0 fully saturated rings. The quantitative estimate of drug-likeness (QED) is 0.751. The van der Waals surface area contributed by atoms with Crippen molar-refractivity contribution in [2.45, 2.75) is 19.8 Å². The van der Waals surface area contributed by atoms with E-state index in [2.05, 4.69) is 50.2 Å². The van der Waals surface area contributed by atoms with Crippen LogP contribution in [0.4, 0.5) is 0 Å². The second-order valence-electron chi connectivity index (χ2n) is 4.37. The van der Waals surface area contributed by atoms with Crippen LogP contribution in [0.25, 0.3) is 0 Å². The fourth-order valence-corrected chi connectivity index (χ4v) is 1.93. The first-order valence-electron chi connectivity index (χ1n) is 5.77. The third-order valence-electron chi connectivity index (χ3n) is 3.09. The number of nitriles is 1. The number of rotatable bonds is 2. The van der Waals surface area contributed by atoms with E-state index in [-0.39, 0.29) is 0 Å². The van der Waals surface area contributed by atoms with Gasteiger partial charge in [0.15, 0.2) is 0 Å². The van der Waals surface area contributed by atoms with Gasteiger partial charge in [-0.25, -0.2) is 0 Å². The standard InChI is InChI=1S/C16H15N/c1-12-6-8-15(9-7-12)13(2)16-5-3-4-14(10-16)11-17/h3-10,13H,1-2H3. The zero-order valence-electron chi connectivity index (χ0n) is 10.1. The molecule has 0 aliphatic rings. The van der Waals surface area contributed by atoms with Gasteiger partial charge in [0.1, 0.15) is 0 Å². The molecule has 1 heteroatoms. The van der Waals surface area contributed by atoms with Crippen LogP contribution in [0.2, 0.25) is 0 Å². The summed E-state index contributed by atoms with van der Waals surface area (Å²) in [6.45, 7) is 4.26. The van der Waals surface area contributed by atoms with Crippen LogP contribution >= 0.6 is 0 Å². The molecule has 0 bridgehead atoms. The Morgan fingerprint density at radius 1 is 1.00 bits per heavy atom. The maximum Gasteiger partial charge on any atom is 0.0991 e. The lowest BCUT2D eigenvalue weighted by atomic mass is 9.92. The molecule has 1 unspecified atom stereocenters. The van der Waals surface area contributed by atoms with E-state index in [0.717, 1.165) is 5.56 Å². The first-order chi connectivity index (χ1) is 8.20. The van der Waals surface area contributed by atoms with E-state index in [4.69, 9.17) is 5.26 Å². The van der Waals surface area contributed by atoms with Gasteiger partial charge >= 0.3 is 0 Å². The highest BCUT2D eigenvalue weighted by Gasteiger charge is 2.08. The van der Waals surface area contributed by atoms with Gasteiger partial charge in [0.05, 0.1) is 11.6 Å². The molecule has 84 valence electrons. The van der Waals surface area contributed by atoms with Crippen LogP contribution in [0.1, 0.15) is 35.1 Å². The number of benzene rings is 2. The summed E-state index contributed by atoms with van der Waals surface area (Å²) in [5.41, 5.74) is 4.46. The number of hydrogen-bond acceptors (Lipinski definition) is 1. The third kappa shape index (κ3) is 2.54. The van der Waals surface area contributed by atoms with Crippen molar-refractivity contribution < 1.29 is 0 Å². The molecule has 0 aliphatic carbocycles. The molecule has 1 nitrogen and oxygen atoms in total. The average Bonchev–Trinajstić information content (AvgIpc) is 2.39. The maximum absolute atomic E-state index is 8.90. The first-order valence-corrected chi connectivity index (χ1v) is 5.77. The van der Waals surface area contributed by atoms with Crippen molar-refractivity contribution in [1.82, 2.24) is 0 Å². The van der Waals surface area contributed by atoms with E-state index in [9.17, 15) is 0 Å². The van der Waals surface area contributed by atoms with Gasteiger partial charge in [-0.2, -0.15) is 5.26 Å². The van der Waals surface area contributed by atoms with E-state index < -0.39 is 0 Å². The Hall–Kier alpha value is -2.07. The molecule has 0 spiro atoms. The molecule has 0 heterocycles. The average molecular weight is 221 g/mol. The van der Waals surface area contributed by atoms with Crippen LogP contribution in [0.15, 0.2) is 48.5 Å². The third-order valence-corrected chi connectivity index (χ3v) is 3.09. The summed E-state index contributed by atoms with van der Waals surface area (Å²) < 4.78 is 0. The molecule has 0 amide bonds. The summed E-state index contributed by atoms with van der Waals surface area (Å²) in [5.74, 6) is 0.323. The van der Waals surface area contributed by atoms with E-state index >= 15 is 0 Å².